The number of fused-ring (bicyclic) bond motifs is 1. The van der Waals surface area contributed by atoms with Gasteiger partial charge >= 0.3 is 5.97 Å². The standard InChI is InChI=1S/C47H72N4O12S/c1-54-18-19-55-20-21-56-22-23-57-24-25-58-26-27-59-28-29-60-30-31-61-32-33-62-34-35-63-42(52)17-14-38-12-15-41(16-13-38)44-48-43-45(49-44)50(36-39-8-4-2-5-9-39)47(64)51(46(43)53)37-40-10-6-3-7-11-40/h12-17,39-40H,2-11,18-37H2,1H3,(H,48,49)/b17-14+. The van der Waals surface area contributed by atoms with Crippen molar-refractivity contribution in [2.24, 2.45) is 11.8 Å². The largest absolute Gasteiger partial charge is 0.460 e. The Balaban J connectivity index is 0.888. The lowest BCUT2D eigenvalue weighted by Crippen LogP contribution is -2.30. The normalized spacial score (nSPS) is 15.2. The molecular formula is C47H72N4O12S. The summed E-state index contributed by atoms with van der Waals surface area (Å²) in [6, 6.07) is 7.68. The van der Waals surface area contributed by atoms with Crippen LogP contribution in [-0.4, -0.2) is 151 Å². The van der Waals surface area contributed by atoms with E-state index < -0.39 is 5.97 Å². The molecule has 2 aliphatic rings. The molecule has 1 aromatic carbocycles. The average Bonchev–Trinajstić information content (AvgIpc) is 3.77. The number of rotatable bonds is 34. The van der Waals surface area contributed by atoms with Crippen molar-refractivity contribution in [3.63, 3.8) is 0 Å². The summed E-state index contributed by atoms with van der Waals surface area (Å²) in [5.41, 5.74) is 2.72. The number of aromatic amines is 1. The minimum Gasteiger partial charge on any atom is -0.460 e. The summed E-state index contributed by atoms with van der Waals surface area (Å²) >= 11 is 6.04. The van der Waals surface area contributed by atoms with Crippen molar-refractivity contribution in [2.45, 2.75) is 77.3 Å². The fraction of sp³-hybridized carbons (Fsp3) is 0.702. The van der Waals surface area contributed by atoms with Crippen molar-refractivity contribution in [3.8, 4) is 11.4 Å². The molecule has 16 nitrogen and oxygen atoms in total. The summed E-state index contributed by atoms with van der Waals surface area (Å²) in [6.07, 6.45) is 15.2. The van der Waals surface area contributed by atoms with Crippen LogP contribution in [0.25, 0.3) is 28.6 Å². The first-order chi connectivity index (χ1) is 31.5. The van der Waals surface area contributed by atoms with E-state index in [0.717, 1.165) is 30.5 Å². The number of imidazole rings is 1. The Morgan fingerprint density at radius 3 is 1.50 bits per heavy atom. The summed E-state index contributed by atoms with van der Waals surface area (Å²) in [6.45, 7) is 9.70. The van der Waals surface area contributed by atoms with Gasteiger partial charge in [0.25, 0.3) is 5.56 Å². The van der Waals surface area contributed by atoms with Gasteiger partial charge in [0, 0.05) is 31.8 Å². The first-order valence-electron chi connectivity index (χ1n) is 23.3. The minimum absolute atomic E-state index is 0.0896. The highest BCUT2D eigenvalue weighted by Crippen LogP contribution is 2.29. The van der Waals surface area contributed by atoms with Crippen molar-refractivity contribution >= 4 is 35.4 Å². The molecule has 64 heavy (non-hydrogen) atoms. The molecule has 2 aromatic heterocycles. The monoisotopic (exact) mass is 916 g/mol. The number of H-pyrrole nitrogens is 1. The topological polar surface area (TPSA) is 165 Å². The highest BCUT2D eigenvalue weighted by atomic mass is 32.1. The second-order valence-electron chi connectivity index (χ2n) is 16.1. The number of carbonyl (C=O) groups excluding carboxylic acids is 1. The summed E-state index contributed by atoms with van der Waals surface area (Å²) in [5, 5.41) is 0. The number of ether oxygens (including phenoxy) is 10. The first-order valence-corrected chi connectivity index (χ1v) is 23.7. The second kappa shape index (κ2) is 31.5. The molecule has 358 valence electrons. The zero-order valence-electron chi connectivity index (χ0n) is 38.0. The van der Waals surface area contributed by atoms with Crippen LogP contribution in [0, 0.1) is 16.6 Å². The van der Waals surface area contributed by atoms with Crippen LogP contribution in [0.15, 0.2) is 35.1 Å². The van der Waals surface area contributed by atoms with Crippen LogP contribution in [0.2, 0.25) is 0 Å². The molecule has 0 atom stereocenters. The molecule has 0 amide bonds. The molecule has 3 aromatic rings. The van der Waals surface area contributed by atoms with Gasteiger partial charge in [-0.15, -0.1) is 0 Å². The maximum Gasteiger partial charge on any atom is 0.330 e. The highest BCUT2D eigenvalue weighted by molar-refractivity contribution is 7.71. The van der Waals surface area contributed by atoms with E-state index in [1.54, 1.807) is 13.2 Å². The van der Waals surface area contributed by atoms with E-state index in [9.17, 15) is 9.59 Å². The van der Waals surface area contributed by atoms with Gasteiger partial charge in [-0.2, -0.15) is 0 Å². The molecule has 2 aliphatic carbocycles. The number of nitrogens with one attached hydrogen (secondary N) is 1. The van der Waals surface area contributed by atoms with Crippen LogP contribution in [0.4, 0.5) is 0 Å². The predicted octanol–water partition coefficient (Wildman–Crippen LogP) is 6.42. The summed E-state index contributed by atoms with van der Waals surface area (Å²) in [5.74, 6) is 1.16. The van der Waals surface area contributed by atoms with Gasteiger partial charge in [0.15, 0.2) is 10.4 Å². The van der Waals surface area contributed by atoms with Gasteiger partial charge in [0.05, 0.1) is 112 Å². The van der Waals surface area contributed by atoms with Crippen LogP contribution in [0.5, 0.6) is 0 Å². The molecule has 17 heteroatoms. The molecule has 5 rings (SSSR count). The van der Waals surface area contributed by atoms with Gasteiger partial charge in [-0.25, -0.2) is 9.78 Å². The number of benzene rings is 1. The van der Waals surface area contributed by atoms with E-state index in [0.29, 0.717) is 146 Å². The summed E-state index contributed by atoms with van der Waals surface area (Å²) in [4.78, 5) is 34.6. The van der Waals surface area contributed by atoms with Gasteiger partial charge in [-0.05, 0) is 61.4 Å². The van der Waals surface area contributed by atoms with Gasteiger partial charge < -0.3 is 56.9 Å². The molecule has 0 spiro atoms. The quantitative estimate of drug-likeness (QED) is 0.0302. The van der Waals surface area contributed by atoms with E-state index >= 15 is 0 Å². The zero-order valence-corrected chi connectivity index (χ0v) is 38.8. The fourth-order valence-electron chi connectivity index (χ4n) is 7.83. The summed E-state index contributed by atoms with van der Waals surface area (Å²) in [7, 11) is 1.64. The lowest BCUT2D eigenvalue weighted by molar-refractivity contribution is -0.139. The maximum absolute atomic E-state index is 13.9. The lowest BCUT2D eigenvalue weighted by Gasteiger charge is -2.25. The Morgan fingerprint density at radius 2 is 1.05 bits per heavy atom. The minimum atomic E-state index is -0.457. The van der Waals surface area contributed by atoms with E-state index in [4.69, 9.17) is 64.6 Å². The van der Waals surface area contributed by atoms with Crippen molar-refractivity contribution in [1.82, 2.24) is 19.1 Å². The van der Waals surface area contributed by atoms with Gasteiger partial charge in [-0.3, -0.25) is 9.36 Å². The van der Waals surface area contributed by atoms with Crippen LogP contribution >= 0.6 is 12.2 Å². The van der Waals surface area contributed by atoms with E-state index in [-0.39, 0.29) is 18.8 Å². The van der Waals surface area contributed by atoms with Gasteiger partial charge in [0.2, 0.25) is 0 Å². The number of methoxy groups -OCH3 is 1. The van der Waals surface area contributed by atoms with Crippen LogP contribution in [0.1, 0.15) is 69.8 Å². The van der Waals surface area contributed by atoms with Crippen LogP contribution in [-0.2, 0) is 65.3 Å². The Morgan fingerprint density at radius 1 is 0.625 bits per heavy atom. The molecular weight excluding hydrogens is 845 g/mol. The van der Waals surface area contributed by atoms with Crippen molar-refractivity contribution in [3.05, 3.63) is 51.0 Å². The van der Waals surface area contributed by atoms with Crippen LogP contribution in [0.3, 0.4) is 0 Å². The smallest absolute Gasteiger partial charge is 0.330 e. The van der Waals surface area contributed by atoms with E-state index in [2.05, 4.69) is 9.55 Å². The first kappa shape index (κ1) is 51.6. The third kappa shape index (κ3) is 19.2. The maximum atomic E-state index is 13.9. The number of nitrogens with zero attached hydrogens (tertiary/aromatic N) is 3. The number of hydrogen-bond donors (Lipinski definition) is 1. The fourth-order valence-corrected chi connectivity index (χ4v) is 8.15. The number of esters is 1. The van der Waals surface area contributed by atoms with Crippen molar-refractivity contribution in [1.29, 1.82) is 0 Å². The molecule has 0 bridgehead atoms. The number of hydrogen-bond acceptors (Lipinski definition) is 14. The Kier molecular flexibility index (Phi) is 25.4. The Bertz CT molecular complexity index is 1870. The summed E-state index contributed by atoms with van der Waals surface area (Å²) < 4.78 is 58.5. The SMILES string of the molecule is COCCOCCOCCOCCOCCOCCOCCOCCOCCOC(=O)/C=C/c1ccc(-c2nc3c([nH]2)c(=O)n(CC2CCCCC2)c(=S)n3CC2CCCCC2)cc1. The van der Waals surface area contributed by atoms with Gasteiger partial charge in [-0.1, -0.05) is 62.8 Å². The van der Waals surface area contributed by atoms with Crippen molar-refractivity contribution < 1.29 is 52.2 Å². The molecule has 0 radical (unpaired) electrons. The third-order valence-electron chi connectivity index (χ3n) is 11.3. The third-order valence-corrected chi connectivity index (χ3v) is 11.7. The van der Waals surface area contributed by atoms with Gasteiger partial charge in [0.1, 0.15) is 17.9 Å². The zero-order chi connectivity index (χ0) is 44.9. The van der Waals surface area contributed by atoms with Crippen LogP contribution < -0.4 is 5.56 Å². The number of aromatic nitrogens is 4. The lowest BCUT2D eigenvalue weighted by atomic mass is 9.89. The van der Waals surface area contributed by atoms with E-state index in [1.165, 1.54) is 57.4 Å². The molecule has 2 saturated carbocycles. The molecule has 0 unspecified atom stereocenters. The van der Waals surface area contributed by atoms with Crippen molar-refractivity contribution in [2.75, 3.05) is 126 Å². The average molecular weight is 917 g/mol. The molecule has 2 fully saturated rings. The Labute approximate surface area is 383 Å². The Hall–Kier alpha value is -3.36. The molecule has 0 saturated heterocycles. The predicted molar refractivity (Wildman–Crippen MR) is 246 cm³/mol. The molecule has 0 aliphatic heterocycles. The van der Waals surface area contributed by atoms with E-state index in [1.807, 2.05) is 28.8 Å². The molecule has 2 heterocycles. The molecule has 1 N–H and O–H groups in total. The highest BCUT2D eigenvalue weighted by Gasteiger charge is 2.23. The number of carbonyl (C=O) groups is 1. The second-order valence-corrected chi connectivity index (χ2v) is 16.5.